The number of alkyl halides is 3. The molecule has 0 aliphatic heterocycles. The molecule has 2 heterocycles. The quantitative estimate of drug-likeness (QED) is 0.750. The maximum atomic E-state index is 12.7. The number of H-pyrrole nitrogens is 1. The van der Waals surface area contributed by atoms with Crippen molar-refractivity contribution in [1.29, 1.82) is 0 Å². The fourth-order valence-corrected chi connectivity index (χ4v) is 2.22. The van der Waals surface area contributed by atoms with Crippen molar-refractivity contribution in [3.63, 3.8) is 0 Å². The second kappa shape index (κ2) is 4.47. The summed E-state index contributed by atoms with van der Waals surface area (Å²) in [6.07, 6.45) is -2.94. The van der Waals surface area contributed by atoms with Gasteiger partial charge in [-0.3, -0.25) is 4.79 Å². The van der Waals surface area contributed by atoms with Crippen LogP contribution in [-0.4, -0.2) is 14.5 Å². The normalized spacial score (nSPS) is 12.0. The van der Waals surface area contributed by atoms with Gasteiger partial charge in [0.2, 0.25) is 5.56 Å². The van der Waals surface area contributed by atoms with Gasteiger partial charge in [0, 0.05) is 24.9 Å². The number of fused-ring (bicyclic) bond motifs is 1. The van der Waals surface area contributed by atoms with Gasteiger partial charge < -0.3 is 9.55 Å². The Morgan fingerprint density at radius 3 is 2.62 bits per heavy atom. The Labute approximate surface area is 116 Å². The van der Waals surface area contributed by atoms with Crippen molar-refractivity contribution in [1.82, 2.24) is 14.5 Å². The first-order valence-corrected chi connectivity index (χ1v) is 6.09. The van der Waals surface area contributed by atoms with E-state index in [1.54, 1.807) is 17.7 Å². The molecule has 0 aliphatic carbocycles. The highest BCUT2D eigenvalue weighted by Crippen LogP contribution is 2.32. The summed E-state index contributed by atoms with van der Waals surface area (Å²) in [5.74, 6) is 0.440. The summed E-state index contributed by atoms with van der Waals surface area (Å²) in [4.78, 5) is 18.0. The molecule has 4 nitrogen and oxygen atoms in total. The van der Waals surface area contributed by atoms with Gasteiger partial charge in [0.25, 0.3) is 0 Å². The van der Waals surface area contributed by atoms with E-state index in [9.17, 15) is 18.0 Å². The van der Waals surface area contributed by atoms with Crippen molar-refractivity contribution < 1.29 is 13.2 Å². The van der Waals surface area contributed by atoms with Crippen molar-refractivity contribution in [3.05, 3.63) is 52.4 Å². The fourth-order valence-electron chi connectivity index (χ4n) is 2.22. The summed E-state index contributed by atoms with van der Waals surface area (Å²) in [6.45, 7) is 0. The predicted octanol–water partition coefficient (Wildman–Crippen LogP) is 2.95. The van der Waals surface area contributed by atoms with Crippen LogP contribution in [0, 0.1) is 0 Å². The highest BCUT2D eigenvalue weighted by molar-refractivity contribution is 5.81. The van der Waals surface area contributed by atoms with Crippen molar-refractivity contribution in [2.24, 2.45) is 7.05 Å². The first-order chi connectivity index (χ1) is 9.86. The number of hydrogen-bond donors (Lipinski definition) is 1. The van der Waals surface area contributed by atoms with Gasteiger partial charge in [0.15, 0.2) is 0 Å². The number of aryl methyl sites for hydroxylation is 1. The van der Waals surface area contributed by atoms with Gasteiger partial charge in [0.1, 0.15) is 5.82 Å². The van der Waals surface area contributed by atoms with E-state index in [1.165, 1.54) is 18.3 Å². The van der Waals surface area contributed by atoms with E-state index in [4.69, 9.17) is 0 Å². The second-order valence-corrected chi connectivity index (χ2v) is 4.64. The largest absolute Gasteiger partial charge is 0.416 e. The van der Waals surface area contributed by atoms with Crippen molar-refractivity contribution in [2.75, 3.05) is 0 Å². The molecular weight excluding hydrogens is 283 g/mol. The predicted molar refractivity (Wildman–Crippen MR) is 71.8 cm³/mol. The van der Waals surface area contributed by atoms with E-state index in [0.717, 1.165) is 12.1 Å². The Morgan fingerprint density at radius 1 is 1.19 bits per heavy atom. The molecule has 2 aromatic heterocycles. The smallest absolute Gasteiger partial charge is 0.329 e. The maximum Gasteiger partial charge on any atom is 0.416 e. The maximum absolute atomic E-state index is 12.7. The first kappa shape index (κ1) is 13.4. The lowest BCUT2D eigenvalue weighted by molar-refractivity contribution is -0.137. The van der Waals surface area contributed by atoms with E-state index < -0.39 is 11.7 Å². The number of nitrogens with zero attached hydrogens (tertiary/aromatic N) is 2. The monoisotopic (exact) mass is 293 g/mol. The molecule has 0 amide bonds. The number of benzene rings is 1. The van der Waals surface area contributed by atoms with Gasteiger partial charge >= 0.3 is 6.18 Å². The number of aromatic amines is 1. The minimum absolute atomic E-state index is 0.239. The Kier molecular flexibility index (Phi) is 2.86. The molecule has 3 rings (SSSR count). The average Bonchev–Trinajstić information content (AvgIpc) is 2.75. The van der Waals surface area contributed by atoms with Crippen LogP contribution in [0.25, 0.3) is 22.4 Å². The number of halogens is 3. The lowest BCUT2D eigenvalue weighted by atomic mass is 10.2. The molecule has 0 unspecified atom stereocenters. The van der Waals surface area contributed by atoms with Gasteiger partial charge in [-0.2, -0.15) is 13.2 Å². The van der Waals surface area contributed by atoms with Crippen LogP contribution < -0.4 is 5.56 Å². The minimum Gasteiger partial charge on any atom is -0.329 e. The van der Waals surface area contributed by atoms with Crippen LogP contribution in [0.1, 0.15) is 5.56 Å². The van der Waals surface area contributed by atoms with E-state index >= 15 is 0 Å². The zero-order chi connectivity index (χ0) is 15.2. The van der Waals surface area contributed by atoms with Crippen LogP contribution in [0.5, 0.6) is 0 Å². The van der Waals surface area contributed by atoms with Crippen LogP contribution in [0.4, 0.5) is 13.2 Å². The minimum atomic E-state index is -4.41. The molecule has 108 valence electrons. The molecule has 3 aromatic rings. The van der Waals surface area contributed by atoms with Crippen LogP contribution in [0.15, 0.2) is 41.3 Å². The van der Waals surface area contributed by atoms with Gasteiger partial charge in [-0.05, 0) is 24.3 Å². The average molecular weight is 293 g/mol. The number of hydrogen-bond acceptors (Lipinski definition) is 2. The summed E-state index contributed by atoms with van der Waals surface area (Å²) in [7, 11) is 1.69. The molecule has 0 spiro atoms. The Bertz CT molecular complexity index is 877. The Morgan fingerprint density at radius 2 is 1.95 bits per heavy atom. The van der Waals surface area contributed by atoms with Gasteiger partial charge in [-0.1, -0.05) is 0 Å². The SMILES string of the molecule is Cn1c(-c2cc[nH]c(=O)c2)nc2cc(C(F)(F)F)ccc21. The van der Waals surface area contributed by atoms with Gasteiger partial charge in [0.05, 0.1) is 16.6 Å². The third kappa shape index (κ3) is 2.31. The number of aromatic nitrogens is 3. The third-order valence-corrected chi connectivity index (χ3v) is 3.24. The van der Waals surface area contributed by atoms with E-state index in [-0.39, 0.29) is 11.1 Å². The number of rotatable bonds is 1. The standard InChI is InChI=1S/C14H10F3N3O/c1-20-11-3-2-9(14(15,16)17)7-10(11)19-13(20)8-4-5-18-12(21)6-8/h2-7H,1H3,(H,18,21). The molecule has 7 heteroatoms. The van der Waals surface area contributed by atoms with Gasteiger partial charge in [-0.15, -0.1) is 0 Å². The number of pyridine rings is 1. The van der Waals surface area contributed by atoms with Crippen LogP contribution in [0.3, 0.4) is 0 Å². The summed E-state index contributed by atoms with van der Waals surface area (Å²) < 4.78 is 39.8. The molecule has 0 bridgehead atoms. The molecule has 1 N–H and O–H groups in total. The van der Waals surface area contributed by atoms with Crippen molar-refractivity contribution >= 4 is 11.0 Å². The number of nitrogens with one attached hydrogen (secondary N) is 1. The van der Waals surface area contributed by atoms with Crippen molar-refractivity contribution in [2.45, 2.75) is 6.18 Å². The lowest BCUT2D eigenvalue weighted by Gasteiger charge is -2.05. The fraction of sp³-hybridized carbons (Fsp3) is 0.143. The van der Waals surface area contributed by atoms with Gasteiger partial charge in [-0.25, -0.2) is 4.98 Å². The summed E-state index contributed by atoms with van der Waals surface area (Å²) >= 11 is 0. The molecule has 0 fully saturated rings. The highest BCUT2D eigenvalue weighted by atomic mass is 19.4. The zero-order valence-corrected chi connectivity index (χ0v) is 10.9. The molecule has 21 heavy (non-hydrogen) atoms. The Balaban J connectivity index is 2.22. The first-order valence-electron chi connectivity index (χ1n) is 6.09. The Hall–Kier alpha value is -2.57. The molecule has 0 saturated heterocycles. The molecule has 0 radical (unpaired) electrons. The number of imidazole rings is 1. The lowest BCUT2D eigenvalue weighted by Crippen LogP contribution is -2.04. The molecule has 0 aliphatic rings. The summed E-state index contributed by atoms with van der Waals surface area (Å²) in [5.41, 5.74) is 0.313. The van der Waals surface area contributed by atoms with E-state index in [2.05, 4.69) is 9.97 Å². The molecule has 0 saturated carbocycles. The summed E-state index contributed by atoms with van der Waals surface area (Å²) in [6, 6.07) is 6.40. The van der Waals surface area contributed by atoms with E-state index in [1.807, 2.05) is 0 Å². The van der Waals surface area contributed by atoms with E-state index in [0.29, 0.717) is 16.9 Å². The zero-order valence-electron chi connectivity index (χ0n) is 10.9. The molecule has 0 atom stereocenters. The van der Waals surface area contributed by atoms with Crippen LogP contribution >= 0.6 is 0 Å². The summed E-state index contributed by atoms with van der Waals surface area (Å²) in [5, 5.41) is 0. The molecule has 1 aromatic carbocycles. The second-order valence-electron chi connectivity index (χ2n) is 4.64. The third-order valence-electron chi connectivity index (χ3n) is 3.24. The highest BCUT2D eigenvalue weighted by Gasteiger charge is 2.31. The van der Waals surface area contributed by atoms with Crippen LogP contribution in [-0.2, 0) is 13.2 Å². The van der Waals surface area contributed by atoms with Crippen molar-refractivity contribution in [3.8, 4) is 11.4 Å². The topological polar surface area (TPSA) is 50.7 Å². The molecular formula is C14H10F3N3O. The van der Waals surface area contributed by atoms with Crippen LogP contribution in [0.2, 0.25) is 0 Å².